The standard InChI is InChI=1S/C16H28N2O6/c1-11(15(22)17-10-14(21)24-16(2,3)4)18-12(19)8-6-7-9-13(20)23-5/h11H,6-10H2,1-5H3,(H,17,22)(H,18,19)/t11-/m0/s1. The van der Waals surface area contributed by atoms with Crippen molar-refractivity contribution in [2.75, 3.05) is 13.7 Å². The third kappa shape index (κ3) is 11.4. The van der Waals surface area contributed by atoms with Crippen molar-refractivity contribution < 1.29 is 28.7 Å². The summed E-state index contributed by atoms with van der Waals surface area (Å²) in [5.74, 6) is -1.62. The Kier molecular flexibility index (Phi) is 9.68. The number of esters is 2. The zero-order valence-corrected chi connectivity index (χ0v) is 15.1. The van der Waals surface area contributed by atoms with Crippen LogP contribution in [0.3, 0.4) is 0 Å². The molecule has 0 aromatic rings. The van der Waals surface area contributed by atoms with Gasteiger partial charge in [-0.25, -0.2) is 0 Å². The molecule has 2 amide bonds. The van der Waals surface area contributed by atoms with Crippen LogP contribution in [0, 0.1) is 0 Å². The molecule has 8 nitrogen and oxygen atoms in total. The molecule has 0 radical (unpaired) electrons. The molecule has 0 fully saturated rings. The van der Waals surface area contributed by atoms with Crippen LogP contribution in [-0.4, -0.2) is 49.1 Å². The first-order valence-electron chi connectivity index (χ1n) is 7.91. The number of carbonyl (C=O) groups is 4. The number of nitrogens with one attached hydrogen (secondary N) is 2. The Bertz CT molecular complexity index is 456. The summed E-state index contributed by atoms with van der Waals surface area (Å²) in [6.07, 6.45) is 1.53. The first-order chi connectivity index (χ1) is 11.0. The highest BCUT2D eigenvalue weighted by Gasteiger charge is 2.19. The van der Waals surface area contributed by atoms with Gasteiger partial charge in [-0.3, -0.25) is 19.2 Å². The fraction of sp³-hybridized carbons (Fsp3) is 0.750. The molecule has 0 aromatic carbocycles. The lowest BCUT2D eigenvalue weighted by Gasteiger charge is -2.20. The molecule has 0 heterocycles. The van der Waals surface area contributed by atoms with Gasteiger partial charge >= 0.3 is 11.9 Å². The molecule has 2 N–H and O–H groups in total. The van der Waals surface area contributed by atoms with Gasteiger partial charge < -0.3 is 20.1 Å². The largest absolute Gasteiger partial charge is 0.469 e. The predicted molar refractivity (Wildman–Crippen MR) is 86.9 cm³/mol. The van der Waals surface area contributed by atoms with E-state index in [1.807, 2.05) is 0 Å². The van der Waals surface area contributed by atoms with Crippen LogP contribution in [0.15, 0.2) is 0 Å². The van der Waals surface area contributed by atoms with E-state index >= 15 is 0 Å². The number of carbonyl (C=O) groups excluding carboxylic acids is 4. The van der Waals surface area contributed by atoms with Gasteiger partial charge in [0.1, 0.15) is 18.2 Å². The Labute approximate surface area is 142 Å². The van der Waals surface area contributed by atoms with Crippen LogP contribution in [-0.2, 0) is 28.7 Å². The van der Waals surface area contributed by atoms with Gasteiger partial charge in [-0.15, -0.1) is 0 Å². The second-order valence-electron chi connectivity index (χ2n) is 6.38. The highest BCUT2D eigenvalue weighted by molar-refractivity contribution is 5.89. The van der Waals surface area contributed by atoms with Crippen LogP contribution in [0.1, 0.15) is 53.4 Å². The van der Waals surface area contributed by atoms with E-state index in [1.54, 1.807) is 20.8 Å². The minimum absolute atomic E-state index is 0.209. The van der Waals surface area contributed by atoms with Gasteiger partial charge in [0.2, 0.25) is 11.8 Å². The van der Waals surface area contributed by atoms with E-state index in [4.69, 9.17) is 4.74 Å². The summed E-state index contributed by atoms with van der Waals surface area (Å²) >= 11 is 0. The Balaban J connectivity index is 3.98. The first-order valence-corrected chi connectivity index (χ1v) is 7.91. The normalized spacial score (nSPS) is 12.0. The predicted octanol–water partition coefficient (Wildman–Crippen LogP) is 0.682. The van der Waals surface area contributed by atoms with E-state index in [0.29, 0.717) is 12.8 Å². The van der Waals surface area contributed by atoms with Gasteiger partial charge in [0.05, 0.1) is 7.11 Å². The van der Waals surface area contributed by atoms with Gasteiger partial charge in [0.15, 0.2) is 0 Å². The Hall–Kier alpha value is -2.12. The van der Waals surface area contributed by atoms with Crippen molar-refractivity contribution in [3.05, 3.63) is 0 Å². The number of ether oxygens (including phenoxy) is 2. The molecule has 0 rings (SSSR count). The van der Waals surface area contributed by atoms with Crippen LogP contribution in [0.2, 0.25) is 0 Å². The van der Waals surface area contributed by atoms with Crippen LogP contribution in [0.25, 0.3) is 0 Å². The summed E-state index contributed by atoms with van der Waals surface area (Å²) < 4.78 is 9.56. The molecular weight excluding hydrogens is 316 g/mol. The summed E-state index contributed by atoms with van der Waals surface area (Å²) in [4.78, 5) is 45.9. The number of hydrogen-bond acceptors (Lipinski definition) is 6. The van der Waals surface area contributed by atoms with Crippen molar-refractivity contribution in [1.29, 1.82) is 0 Å². The lowest BCUT2D eigenvalue weighted by molar-refractivity contribution is -0.154. The van der Waals surface area contributed by atoms with Crippen molar-refractivity contribution in [2.45, 2.75) is 65.0 Å². The number of hydrogen-bond donors (Lipinski definition) is 2. The van der Waals surface area contributed by atoms with Crippen LogP contribution >= 0.6 is 0 Å². The molecule has 0 aliphatic heterocycles. The molecule has 8 heteroatoms. The van der Waals surface area contributed by atoms with Crippen LogP contribution < -0.4 is 10.6 Å². The molecule has 0 spiro atoms. The molecule has 0 aromatic heterocycles. The topological polar surface area (TPSA) is 111 Å². The maximum atomic E-state index is 11.8. The number of rotatable bonds is 9. The third-order valence-electron chi connectivity index (χ3n) is 2.86. The van der Waals surface area contributed by atoms with E-state index in [1.165, 1.54) is 14.0 Å². The van der Waals surface area contributed by atoms with E-state index in [-0.39, 0.29) is 31.3 Å². The maximum Gasteiger partial charge on any atom is 0.325 e. The fourth-order valence-electron chi connectivity index (χ4n) is 1.73. The molecular formula is C16H28N2O6. The molecule has 24 heavy (non-hydrogen) atoms. The lowest BCUT2D eigenvalue weighted by Crippen LogP contribution is -2.46. The molecule has 138 valence electrons. The number of unbranched alkanes of at least 4 members (excludes halogenated alkanes) is 1. The molecule has 0 aliphatic rings. The Morgan fingerprint density at radius 2 is 1.58 bits per heavy atom. The Morgan fingerprint density at radius 1 is 1.00 bits per heavy atom. The van der Waals surface area contributed by atoms with Crippen molar-refractivity contribution in [3.63, 3.8) is 0 Å². The maximum absolute atomic E-state index is 11.8. The summed E-state index contributed by atoms with van der Waals surface area (Å²) in [7, 11) is 1.31. The summed E-state index contributed by atoms with van der Waals surface area (Å²) in [5.41, 5.74) is -0.619. The van der Waals surface area contributed by atoms with Gasteiger partial charge in [0, 0.05) is 12.8 Å². The quantitative estimate of drug-likeness (QED) is 0.470. The van der Waals surface area contributed by atoms with Gasteiger partial charge in [-0.1, -0.05) is 0 Å². The second kappa shape index (κ2) is 10.6. The van der Waals surface area contributed by atoms with Crippen LogP contribution in [0.5, 0.6) is 0 Å². The first kappa shape index (κ1) is 21.9. The van der Waals surface area contributed by atoms with Gasteiger partial charge in [-0.2, -0.15) is 0 Å². The monoisotopic (exact) mass is 344 g/mol. The average Bonchev–Trinajstić information content (AvgIpc) is 2.46. The van der Waals surface area contributed by atoms with Crippen molar-refractivity contribution >= 4 is 23.8 Å². The number of methoxy groups -OCH3 is 1. The van der Waals surface area contributed by atoms with E-state index in [2.05, 4.69) is 15.4 Å². The molecule has 0 bridgehead atoms. The van der Waals surface area contributed by atoms with Gasteiger partial charge in [0.25, 0.3) is 0 Å². The van der Waals surface area contributed by atoms with E-state index in [9.17, 15) is 19.2 Å². The van der Waals surface area contributed by atoms with Crippen LogP contribution in [0.4, 0.5) is 0 Å². The molecule has 0 saturated carbocycles. The lowest BCUT2D eigenvalue weighted by atomic mass is 10.2. The van der Waals surface area contributed by atoms with Crippen molar-refractivity contribution in [1.82, 2.24) is 10.6 Å². The third-order valence-corrected chi connectivity index (χ3v) is 2.86. The summed E-state index contributed by atoms with van der Waals surface area (Å²) in [6, 6.07) is -0.763. The SMILES string of the molecule is COC(=O)CCCCC(=O)N[C@@H](C)C(=O)NCC(=O)OC(C)(C)C. The summed E-state index contributed by atoms with van der Waals surface area (Å²) in [6.45, 7) is 6.47. The average molecular weight is 344 g/mol. The molecule has 1 atom stereocenters. The van der Waals surface area contributed by atoms with Crippen molar-refractivity contribution in [2.24, 2.45) is 0 Å². The summed E-state index contributed by atoms with van der Waals surface area (Å²) in [5, 5.41) is 4.95. The Morgan fingerprint density at radius 3 is 2.12 bits per heavy atom. The highest BCUT2D eigenvalue weighted by atomic mass is 16.6. The molecule has 0 saturated heterocycles. The second-order valence-corrected chi connectivity index (χ2v) is 6.38. The highest BCUT2D eigenvalue weighted by Crippen LogP contribution is 2.06. The van der Waals surface area contributed by atoms with E-state index in [0.717, 1.165) is 0 Å². The zero-order valence-electron chi connectivity index (χ0n) is 15.1. The fourth-order valence-corrected chi connectivity index (χ4v) is 1.73. The number of amides is 2. The molecule has 0 aliphatic carbocycles. The van der Waals surface area contributed by atoms with E-state index < -0.39 is 23.5 Å². The van der Waals surface area contributed by atoms with Crippen molar-refractivity contribution in [3.8, 4) is 0 Å². The van der Waals surface area contributed by atoms with Gasteiger partial charge in [-0.05, 0) is 40.5 Å². The minimum atomic E-state index is -0.763. The zero-order chi connectivity index (χ0) is 18.8. The smallest absolute Gasteiger partial charge is 0.325 e. The molecule has 0 unspecified atom stereocenters. The minimum Gasteiger partial charge on any atom is -0.469 e.